The molecule has 3 heteroatoms. The van der Waals surface area contributed by atoms with Gasteiger partial charge in [-0.2, -0.15) is 0 Å². The second-order valence-electron chi connectivity index (χ2n) is 5.34. The molecule has 1 fully saturated rings. The molecule has 0 bridgehead atoms. The number of nitrogens with zero attached hydrogens (tertiary/aromatic N) is 1. The summed E-state index contributed by atoms with van der Waals surface area (Å²) in [5.74, 6) is 1.22. The Balaban J connectivity index is 2.30. The van der Waals surface area contributed by atoms with Gasteiger partial charge in [-0.05, 0) is 44.4 Å². The van der Waals surface area contributed by atoms with Crippen LogP contribution < -0.4 is 0 Å². The van der Waals surface area contributed by atoms with Gasteiger partial charge in [-0.3, -0.25) is 4.79 Å². The summed E-state index contributed by atoms with van der Waals surface area (Å²) in [7, 11) is 1.93. The molecule has 0 spiro atoms. The highest BCUT2D eigenvalue weighted by Crippen LogP contribution is 2.31. The predicted molar refractivity (Wildman–Crippen MR) is 69.7 cm³/mol. The van der Waals surface area contributed by atoms with Crippen LogP contribution in [0.2, 0.25) is 0 Å². The minimum Gasteiger partial charge on any atom is -0.396 e. The zero-order chi connectivity index (χ0) is 12.7. The SMILES string of the molecule is CCCCN(C)C(=O)C1CCC(CCO)CC1. The van der Waals surface area contributed by atoms with Crippen molar-refractivity contribution in [1.82, 2.24) is 4.90 Å². The molecule has 1 saturated carbocycles. The van der Waals surface area contributed by atoms with E-state index in [1.165, 1.54) is 0 Å². The lowest BCUT2D eigenvalue weighted by atomic mass is 9.80. The molecule has 1 rings (SSSR count). The number of carbonyl (C=O) groups excluding carboxylic acids is 1. The summed E-state index contributed by atoms with van der Waals surface area (Å²) in [4.78, 5) is 14.0. The Morgan fingerprint density at radius 2 is 1.94 bits per heavy atom. The molecule has 1 amide bonds. The first-order chi connectivity index (χ1) is 8.19. The highest BCUT2D eigenvalue weighted by Gasteiger charge is 2.27. The molecular weight excluding hydrogens is 214 g/mol. The molecule has 1 N–H and O–H groups in total. The zero-order valence-electron chi connectivity index (χ0n) is 11.3. The molecule has 3 nitrogen and oxygen atoms in total. The Morgan fingerprint density at radius 3 is 2.47 bits per heavy atom. The maximum absolute atomic E-state index is 12.1. The Labute approximate surface area is 105 Å². The minimum atomic E-state index is 0.242. The van der Waals surface area contributed by atoms with Crippen LogP contribution in [0.4, 0.5) is 0 Å². The third-order valence-corrected chi connectivity index (χ3v) is 3.96. The van der Waals surface area contributed by atoms with Crippen molar-refractivity contribution >= 4 is 5.91 Å². The summed E-state index contributed by atoms with van der Waals surface area (Å²) in [6, 6.07) is 0. The number of hydrogen-bond acceptors (Lipinski definition) is 2. The van der Waals surface area contributed by atoms with Gasteiger partial charge in [0.15, 0.2) is 0 Å². The van der Waals surface area contributed by atoms with Crippen molar-refractivity contribution in [1.29, 1.82) is 0 Å². The number of carbonyl (C=O) groups is 1. The molecule has 17 heavy (non-hydrogen) atoms. The first-order valence-electron chi connectivity index (χ1n) is 7.04. The van der Waals surface area contributed by atoms with E-state index in [1.807, 2.05) is 11.9 Å². The van der Waals surface area contributed by atoms with Crippen LogP contribution in [0.1, 0.15) is 51.9 Å². The third-order valence-electron chi connectivity index (χ3n) is 3.96. The molecule has 0 aliphatic heterocycles. The average Bonchev–Trinajstić information content (AvgIpc) is 2.36. The van der Waals surface area contributed by atoms with Crippen molar-refractivity contribution in [2.24, 2.45) is 11.8 Å². The van der Waals surface area contributed by atoms with Crippen molar-refractivity contribution in [2.75, 3.05) is 20.2 Å². The number of hydrogen-bond donors (Lipinski definition) is 1. The molecule has 0 aromatic rings. The van der Waals surface area contributed by atoms with E-state index in [2.05, 4.69) is 6.92 Å². The van der Waals surface area contributed by atoms with Gasteiger partial charge in [0.05, 0.1) is 0 Å². The topological polar surface area (TPSA) is 40.5 Å². The fourth-order valence-corrected chi connectivity index (χ4v) is 2.70. The van der Waals surface area contributed by atoms with Crippen LogP contribution in [-0.2, 0) is 4.79 Å². The maximum Gasteiger partial charge on any atom is 0.225 e. The normalized spacial score (nSPS) is 24.6. The lowest BCUT2D eigenvalue weighted by Gasteiger charge is -2.30. The monoisotopic (exact) mass is 241 g/mol. The molecule has 0 aromatic carbocycles. The molecule has 0 aromatic heterocycles. The smallest absolute Gasteiger partial charge is 0.225 e. The van der Waals surface area contributed by atoms with Gasteiger partial charge in [-0.1, -0.05) is 13.3 Å². The first-order valence-corrected chi connectivity index (χ1v) is 7.04. The van der Waals surface area contributed by atoms with Gasteiger partial charge in [-0.15, -0.1) is 0 Å². The molecule has 1 aliphatic rings. The second-order valence-corrected chi connectivity index (χ2v) is 5.34. The van der Waals surface area contributed by atoms with Crippen molar-refractivity contribution in [3.8, 4) is 0 Å². The Kier molecular flexibility index (Phi) is 6.56. The molecule has 0 heterocycles. The van der Waals surface area contributed by atoms with E-state index in [9.17, 15) is 4.79 Å². The van der Waals surface area contributed by atoms with E-state index in [4.69, 9.17) is 5.11 Å². The number of aliphatic hydroxyl groups excluding tert-OH is 1. The van der Waals surface area contributed by atoms with E-state index in [1.54, 1.807) is 0 Å². The van der Waals surface area contributed by atoms with Gasteiger partial charge in [0.2, 0.25) is 5.91 Å². The van der Waals surface area contributed by atoms with Crippen molar-refractivity contribution in [2.45, 2.75) is 51.9 Å². The van der Waals surface area contributed by atoms with E-state index >= 15 is 0 Å². The molecule has 1 aliphatic carbocycles. The number of unbranched alkanes of at least 4 members (excludes halogenated alkanes) is 1. The van der Waals surface area contributed by atoms with E-state index < -0.39 is 0 Å². The number of rotatable bonds is 6. The standard InChI is InChI=1S/C14H27NO2/c1-3-4-10-15(2)14(17)13-7-5-12(6-8-13)9-11-16/h12-13,16H,3-11H2,1-2H3. The first kappa shape index (κ1) is 14.5. The van der Waals surface area contributed by atoms with Crippen molar-refractivity contribution in [3.05, 3.63) is 0 Å². The van der Waals surface area contributed by atoms with Gasteiger partial charge >= 0.3 is 0 Å². The predicted octanol–water partition coefficient (Wildman–Crippen LogP) is 2.43. The Hall–Kier alpha value is -0.570. The van der Waals surface area contributed by atoms with Crippen LogP contribution in [0.3, 0.4) is 0 Å². The lowest BCUT2D eigenvalue weighted by Crippen LogP contribution is -2.35. The number of aliphatic hydroxyl groups is 1. The van der Waals surface area contributed by atoms with Crippen molar-refractivity contribution < 1.29 is 9.90 Å². The molecule has 0 unspecified atom stereocenters. The van der Waals surface area contributed by atoms with Gasteiger partial charge in [0.25, 0.3) is 0 Å². The van der Waals surface area contributed by atoms with E-state index in [-0.39, 0.29) is 5.92 Å². The maximum atomic E-state index is 12.1. The van der Waals surface area contributed by atoms with Crippen LogP contribution in [-0.4, -0.2) is 36.1 Å². The van der Waals surface area contributed by atoms with Gasteiger partial charge in [0, 0.05) is 26.1 Å². The fourth-order valence-electron chi connectivity index (χ4n) is 2.70. The second kappa shape index (κ2) is 7.70. The summed E-state index contributed by atoms with van der Waals surface area (Å²) in [6.07, 6.45) is 7.40. The average molecular weight is 241 g/mol. The quantitative estimate of drug-likeness (QED) is 0.776. The fraction of sp³-hybridized carbons (Fsp3) is 0.929. The van der Waals surface area contributed by atoms with Crippen LogP contribution in [0, 0.1) is 11.8 Å². The summed E-state index contributed by atoms with van der Waals surface area (Å²) < 4.78 is 0. The summed E-state index contributed by atoms with van der Waals surface area (Å²) in [5, 5.41) is 8.90. The van der Waals surface area contributed by atoms with E-state index in [0.717, 1.165) is 51.5 Å². The lowest BCUT2D eigenvalue weighted by molar-refractivity contribution is -0.135. The molecule has 0 radical (unpaired) electrons. The van der Waals surface area contributed by atoms with Gasteiger partial charge < -0.3 is 10.0 Å². The Morgan fingerprint density at radius 1 is 1.29 bits per heavy atom. The summed E-state index contributed by atoms with van der Waals surface area (Å²) in [5.41, 5.74) is 0. The van der Waals surface area contributed by atoms with E-state index in [0.29, 0.717) is 18.4 Å². The Bertz CT molecular complexity index is 222. The largest absolute Gasteiger partial charge is 0.396 e. The van der Waals surface area contributed by atoms with Crippen LogP contribution in [0.25, 0.3) is 0 Å². The summed E-state index contributed by atoms with van der Waals surface area (Å²) in [6.45, 7) is 3.34. The van der Waals surface area contributed by atoms with Gasteiger partial charge in [0.1, 0.15) is 0 Å². The van der Waals surface area contributed by atoms with Crippen molar-refractivity contribution in [3.63, 3.8) is 0 Å². The molecular formula is C14H27NO2. The van der Waals surface area contributed by atoms with Crippen LogP contribution in [0.5, 0.6) is 0 Å². The highest BCUT2D eigenvalue weighted by molar-refractivity contribution is 5.78. The third kappa shape index (κ3) is 4.66. The molecule has 0 saturated heterocycles. The zero-order valence-corrected chi connectivity index (χ0v) is 11.3. The minimum absolute atomic E-state index is 0.242. The summed E-state index contributed by atoms with van der Waals surface area (Å²) >= 11 is 0. The highest BCUT2D eigenvalue weighted by atomic mass is 16.3. The van der Waals surface area contributed by atoms with Crippen LogP contribution >= 0.6 is 0 Å². The number of amides is 1. The van der Waals surface area contributed by atoms with Crippen LogP contribution in [0.15, 0.2) is 0 Å². The molecule has 0 atom stereocenters. The molecule has 100 valence electrons. The van der Waals surface area contributed by atoms with Gasteiger partial charge in [-0.25, -0.2) is 0 Å².